The molecule has 0 aliphatic heterocycles. The molecule has 0 aromatic carbocycles. The van der Waals surface area contributed by atoms with Crippen LogP contribution in [0.15, 0.2) is 0 Å². The minimum Gasteiger partial charge on any atom is -0.304 e. The molecule has 0 amide bonds. The number of hydrogen-bond acceptors (Lipinski definition) is 1. The fraction of sp³-hybridized carbons (Fsp3) is 1.00. The lowest BCUT2D eigenvalue weighted by molar-refractivity contribution is 0.184. The largest absolute Gasteiger partial charge is 0.304 e. The molecule has 0 bridgehead atoms. The van der Waals surface area contributed by atoms with Crippen LogP contribution in [-0.2, 0) is 0 Å². The van der Waals surface area contributed by atoms with Gasteiger partial charge in [-0.05, 0) is 32.9 Å². The zero-order valence-electron chi connectivity index (χ0n) is 10.1. The Morgan fingerprint density at radius 1 is 1.15 bits per heavy atom. The van der Waals surface area contributed by atoms with Crippen molar-refractivity contribution >= 4 is 0 Å². The van der Waals surface area contributed by atoms with Gasteiger partial charge in [0.25, 0.3) is 0 Å². The van der Waals surface area contributed by atoms with Crippen molar-refractivity contribution in [1.82, 2.24) is 4.90 Å². The molecule has 0 saturated heterocycles. The van der Waals surface area contributed by atoms with E-state index >= 15 is 0 Å². The molecule has 13 heavy (non-hydrogen) atoms. The fourth-order valence-electron chi connectivity index (χ4n) is 1.90. The van der Waals surface area contributed by atoms with Crippen molar-refractivity contribution in [1.29, 1.82) is 0 Å². The summed E-state index contributed by atoms with van der Waals surface area (Å²) in [5.74, 6) is 0.893. The maximum Gasteiger partial charge on any atom is 0.00919 e. The van der Waals surface area contributed by atoms with Crippen LogP contribution in [0.2, 0.25) is 0 Å². The van der Waals surface area contributed by atoms with E-state index in [1.54, 1.807) is 0 Å². The highest BCUT2D eigenvalue weighted by Gasteiger charge is 2.17. The molecular formula is C12H27N. The van der Waals surface area contributed by atoms with Crippen molar-refractivity contribution in [3.63, 3.8) is 0 Å². The van der Waals surface area contributed by atoms with Crippen molar-refractivity contribution in [2.24, 2.45) is 5.92 Å². The van der Waals surface area contributed by atoms with Crippen LogP contribution in [0.4, 0.5) is 0 Å². The number of rotatable bonds is 7. The summed E-state index contributed by atoms with van der Waals surface area (Å²) >= 11 is 0. The highest BCUT2D eigenvalue weighted by atomic mass is 15.1. The van der Waals surface area contributed by atoms with Gasteiger partial charge in [0, 0.05) is 6.04 Å². The van der Waals surface area contributed by atoms with Crippen molar-refractivity contribution < 1.29 is 0 Å². The smallest absolute Gasteiger partial charge is 0.00919 e. The normalized spacial score (nSPS) is 16.2. The van der Waals surface area contributed by atoms with Crippen LogP contribution in [0.3, 0.4) is 0 Å². The van der Waals surface area contributed by atoms with Crippen LogP contribution in [0.5, 0.6) is 0 Å². The summed E-state index contributed by atoms with van der Waals surface area (Å²) in [4.78, 5) is 2.46. The number of nitrogens with zero attached hydrogens (tertiary/aromatic N) is 1. The molecule has 0 aromatic rings. The van der Waals surface area contributed by atoms with E-state index in [1.807, 2.05) is 0 Å². The van der Waals surface area contributed by atoms with Gasteiger partial charge in [-0.3, -0.25) is 0 Å². The van der Waals surface area contributed by atoms with Gasteiger partial charge in [0.1, 0.15) is 0 Å². The Bertz CT molecular complexity index is 112. The quantitative estimate of drug-likeness (QED) is 0.586. The van der Waals surface area contributed by atoms with Crippen molar-refractivity contribution in [2.45, 2.75) is 59.4 Å². The standard InChI is InChI=1S/C12H27N/c1-6-9-10-12(7-2)11(4)13(5)8-3/h11-12H,6-10H2,1-5H3. The Kier molecular flexibility index (Phi) is 7.35. The second kappa shape index (κ2) is 7.37. The first-order chi connectivity index (χ1) is 6.17. The van der Waals surface area contributed by atoms with Gasteiger partial charge in [0.15, 0.2) is 0 Å². The summed E-state index contributed by atoms with van der Waals surface area (Å²) in [6.07, 6.45) is 5.45. The average molecular weight is 185 g/mol. The molecule has 0 N–H and O–H groups in total. The minimum atomic E-state index is 0.751. The van der Waals surface area contributed by atoms with E-state index in [9.17, 15) is 0 Å². The first-order valence-electron chi connectivity index (χ1n) is 5.87. The molecule has 0 aliphatic rings. The molecule has 1 heteroatoms. The van der Waals surface area contributed by atoms with Crippen LogP contribution in [0.1, 0.15) is 53.4 Å². The predicted octanol–water partition coefficient (Wildman–Crippen LogP) is 3.54. The first kappa shape index (κ1) is 13.0. The zero-order valence-corrected chi connectivity index (χ0v) is 10.1. The fourth-order valence-corrected chi connectivity index (χ4v) is 1.90. The maximum absolute atomic E-state index is 2.46. The lowest BCUT2D eigenvalue weighted by Crippen LogP contribution is -2.35. The minimum absolute atomic E-state index is 0.751. The average Bonchev–Trinajstić information content (AvgIpc) is 2.17. The molecule has 0 heterocycles. The summed E-state index contributed by atoms with van der Waals surface area (Å²) < 4.78 is 0. The predicted molar refractivity (Wildman–Crippen MR) is 61.1 cm³/mol. The van der Waals surface area contributed by atoms with E-state index < -0.39 is 0 Å². The molecule has 0 aromatic heterocycles. The SMILES string of the molecule is CCCCC(CC)C(C)N(C)CC. The zero-order chi connectivity index (χ0) is 10.3. The van der Waals surface area contributed by atoms with Crippen molar-refractivity contribution in [2.75, 3.05) is 13.6 Å². The van der Waals surface area contributed by atoms with E-state index in [1.165, 1.54) is 32.2 Å². The second-order valence-electron chi connectivity index (χ2n) is 4.12. The summed E-state index contributed by atoms with van der Waals surface area (Å²) in [5, 5.41) is 0. The summed E-state index contributed by atoms with van der Waals surface area (Å²) in [5.41, 5.74) is 0. The Morgan fingerprint density at radius 2 is 1.77 bits per heavy atom. The van der Waals surface area contributed by atoms with Crippen LogP contribution in [0.25, 0.3) is 0 Å². The van der Waals surface area contributed by atoms with Crippen LogP contribution < -0.4 is 0 Å². The number of unbranched alkanes of at least 4 members (excludes halogenated alkanes) is 1. The lowest BCUT2D eigenvalue weighted by atomic mass is 9.91. The van der Waals surface area contributed by atoms with Gasteiger partial charge in [-0.25, -0.2) is 0 Å². The molecule has 0 aliphatic carbocycles. The topological polar surface area (TPSA) is 3.24 Å². The monoisotopic (exact) mass is 185 g/mol. The molecule has 0 saturated carbocycles. The van der Waals surface area contributed by atoms with Crippen molar-refractivity contribution in [3.05, 3.63) is 0 Å². The van der Waals surface area contributed by atoms with Gasteiger partial charge < -0.3 is 4.90 Å². The van der Waals surface area contributed by atoms with Gasteiger partial charge >= 0.3 is 0 Å². The van der Waals surface area contributed by atoms with Crippen LogP contribution >= 0.6 is 0 Å². The molecular weight excluding hydrogens is 158 g/mol. The van der Waals surface area contributed by atoms with E-state index in [4.69, 9.17) is 0 Å². The molecule has 2 atom stereocenters. The van der Waals surface area contributed by atoms with E-state index in [2.05, 4.69) is 39.6 Å². The third kappa shape index (κ3) is 4.66. The summed E-state index contributed by atoms with van der Waals surface area (Å²) in [6.45, 7) is 10.4. The number of hydrogen-bond donors (Lipinski definition) is 0. The van der Waals surface area contributed by atoms with Gasteiger partial charge in [-0.2, -0.15) is 0 Å². The van der Waals surface area contributed by atoms with Crippen LogP contribution in [-0.4, -0.2) is 24.5 Å². The molecule has 1 nitrogen and oxygen atoms in total. The van der Waals surface area contributed by atoms with Crippen LogP contribution in [0, 0.1) is 5.92 Å². The van der Waals surface area contributed by atoms with E-state index in [0.717, 1.165) is 12.0 Å². The van der Waals surface area contributed by atoms with Gasteiger partial charge in [0.2, 0.25) is 0 Å². The summed E-state index contributed by atoms with van der Waals surface area (Å²) in [6, 6.07) is 0.751. The first-order valence-corrected chi connectivity index (χ1v) is 5.87. The Morgan fingerprint density at radius 3 is 2.15 bits per heavy atom. The van der Waals surface area contributed by atoms with E-state index in [-0.39, 0.29) is 0 Å². The Hall–Kier alpha value is -0.0400. The second-order valence-corrected chi connectivity index (χ2v) is 4.12. The highest BCUT2D eigenvalue weighted by Crippen LogP contribution is 2.19. The maximum atomic E-state index is 2.46. The molecule has 0 fully saturated rings. The lowest BCUT2D eigenvalue weighted by Gasteiger charge is -2.30. The Labute approximate surface area is 84.5 Å². The van der Waals surface area contributed by atoms with Gasteiger partial charge in [-0.1, -0.05) is 40.0 Å². The molecule has 0 spiro atoms. The van der Waals surface area contributed by atoms with Crippen molar-refractivity contribution in [3.8, 4) is 0 Å². The summed E-state index contributed by atoms with van der Waals surface area (Å²) in [7, 11) is 2.24. The van der Waals surface area contributed by atoms with E-state index in [0.29, 0.717) is 0 Å². The third-order valence-corrected chi connectivity index (χ3v) is 3.33. The molecule has 80 valence electrons. The molecule has 0 radical (unpaired) electrons. The van der Waals surface area contributed by atoms with Gasteiger partial charge in [-0.15, -0.1) is 0 Å². The highest BCUT2D eigenvalue weighted by molar-refractivity contribution is 4.71. The molecule has 0 rings (SSSR count). The van der Waals surface area contributed by atoms with Gasteiger partial charge in [0.05, 0.1) is 0 Å². The Balaban J connectivity index is 3.90. The third-order valence-electron chi connectivity index (χ3n) is 3.33. The molecule has 2 unspecified atom stereocenters.